The number of nitrogens with zero attached hydrogens (tertiary/aromatic N) is 3. The Balaban J connectivity index is 1.95. The molecule has 1 atom stereocenters. The number of hydrogen-bond donors (Lipinski definition) is 0. The van der Waals surface area contributed by atoms with Crippen molar-refractivity contribution in [1.29, 1.82) is 0 Å². The number of amides is 1. The van der Waals surface area contributed by atoms with Crippen LogP contribution in [0.25, 0.3) is 11.4 Å². The van der Waals surface area contributed by atoms with Crippen molar-refractivity contribution >= 4 is 17.5 Å². The molecule has 0 bridgehead atoms. The van der Waals surface area contributed by atoms with Gasteiger partial charge in [0.2, 0.25) is 5.91 Å². The molecule has 1 aromatic carbocycles. The number of halogens is 1. The standard InChI is InChI=1S/C16H16ClN3O/c1-11(21)20-9-3-6-15(20)14-7-8-18-16(19-14)12-4-2-5-13(17)10-12/h2,4-5,7-8,10,15H,3,6,9H2,1H3. The summed E-state index contributed by atoms with van der Waals surface area (Å²) in [4.78, 5) is 22.5. The van der Waals surface area contributed by atoms with Crippen molar-refractivity contribution in [3.05, 3.63) is 47.2 Å². The molecule has 1 amide bonds. The zero-order valence-electron chi connectivity index (χ0n) is 11.8. The highest BCUT2D eigenvalue weighted by molar-refractivity contribution is 6.30. The zero-order valence-corrected chi connectivity index (χ0v) is 12.5. The monoisotopic (exact) mass is 301 g/mol. The summed E-state index contributed by atoms with van der Waals surface area (Å²) in [6, 6.07) is 9.43. The van der Waals surface area contributed by atoms with Gasteiger partial charge in [0, 0.05) is 30.3 Å². The molecule has 1 aromatic heterocycles. The van der Waals surface area contributed by atoms with Gasteiger partial charge in [-0.2, -0.15) is 0 Å². The SMILES string of the molecule is CC(=O)N1CCCC1c1ccnc(-c2cccc(Cl)c2)n1. The molecule has 5 heteroatoms. The van der Waals surface area contributed by atoms with E-state index in [0.717, 1.165) is 30.6 Å². The second-order valence-corrected chi connectivity index (χ2v) is 5.62. The highest BCUT2D eigenvalue weighted by Crippen LogP contribution is 2.31. The maximum atomic E-state index is 11.7. The van der Waals surface area contributed by atoms with Crippen LogP contribution in [-0.2, 0) is 4.79 Å². The topological polar surface area (TPSA) is 46.1 Å². The average Bonchev–Trinajstić information content (AvgIpc) is 2.97. The molecule has 1 saturated heterocycles. The van der Waals surface area contributed by atoms with Crippen LogP contribution in [0.2, 0.25) is 5.02 Å². The van der Waals surface area contributed by atoms with Gasteiger partial charge in [-0.15, -0.1) is 0 Å². The zero-order chi connectivity index (χ0) is 14.8. The number of hydrogen-bond acceptors (Lipinski definition) is 3. The Bertz CT molecular complexity index is 674. The molecule has 1 aliphatic heterocycles. The number of aromatic nitrogens is 2. The van der Waals surface area contributed by atoms with Gasteiger partial charge >= 0.3 is 0 Å². The van der Waals surface area contributed by atoms with Crippen LogP contribution >= 0.6 is 11.6 Å². The number of carbonyl (C=O) groups excluding carboxylic acids is 1. The minimum Gasteiger partial charge on any atom is -0.334 e. The van der Waals surface area contributed by atoms with Crippen LogP contribution in [-0.4, -0.2) is 27.3 Å². The van der Waals surface area contributed by atoms with E-state index < -0.39 is 0 Å². The molecular weight excluding hydrogens is 286 g/mol. The minimum absolute atomic E-state index is 0.0587. The van der Waals surface area contributed by atoms with Crippen LogP contribution in [0, 0.1) is 0 Å². The van der Waals surface area contributed by atoms with E-state index >= 15 is 0 Å². The fourth-order valence-electron chi connectivity index (χ4n) is 2.78. The van der Waals surface area contributed by atoms with Gasteiger partial charge in [0.1, 0.15) is 0 Å². The van der Waals surface area contributed by atoms with Crippen molar-refractivity contribution < 1.29 is 4.79 Å². The Kier molecular flexibility index (Phi) is 3.88. The summed E-state index contributed by atoms with van der Waals surface area (Å²) in [5, 5.41) is 0.660. The maximum Gasteiger partial charge on any atom is 0.220 e. The summed E-state index contributed by atoms with van der Waals surface area (Å²) in [6.07, 6.45) is 3.71. The van der Waals surface area contributed by atoms with E-state index in [0.29, 0.717) is 10.8 Å². The lowest BCUT2D eigenvalue weighted by atomic mass is 10.1. The molecule has 21 heavy (non-hydrogen) atoms. The van der Waals surface area contributed by atoms with E-state index in [-0.39, 0.29) is 11.9 Å². The van der Waals surface area contributed by atoms with Crippen LogP contribution < -0.4 is 0 Å². The molecule has 2 heterocycles. The molecule has 0 spiro atoms. The van der Waals surface area contributed by atoms with E-state index in [1.165, 1.54) is 0 Å². The Morgan fingerprint density at radius 3 is 3.00 bits per heavy atom. The lowest BCUT2D eigenvalue weighted by molar-refractivity contribution is -0.129. The predicted octanol–water partition coefficient (Wildman–Crippen LogP) is 3.48. The first kappa shape index (κ1) is 14.0. The van der Waals surface area contributed by atoms with Crippen molar-refractivity contribution in [2.75, 3.05) is 6.54 Å². The second-order valence-electron chi connectivity index (χ2n) is 5.19. The number of rotatable bonds is 2. The third-order valence-corrected chi connectivity index (χ3v) is 3.99. The number of benzene rings is 1. The van der Waals surface area contributed by atoms with Gasteiger partial charge in [0.05, 0.1) is 11.7 Å². The molecule has 3 rings (SSSR count). The molecule has 2 aromatic rings. The molecule has 4 nitrogen and oxygen atoms in total. The van der Waals surface area contributed by atoms with Crippen molar-refractivity contribution in [1.82, 2.24) is 14.9 Å². The maximum absolute atomic E-state index is 11.7. The summed E-state index contributed by atoms with van der Waals surface area (Å²) in [5.74, 6) is 0.741. The summed E-state index contributed by atoms with van der Waals surface area (Å²) >= 11 is 6.02. The first-order valence-corrected chi connectivity index (χ1v) is 7.39. The van der Waals surface area contributed by atoms with Gasteiger partial charge in [-0.1, -0.05) is 23.7 Å². The van der Waals surface area contributed by atoms with Crippen molar-refractivity contribution in [3.63, 3.8) is 0 Å². The fourth-order valence-corrected chi connectivity index (χ4v) is 2.97. The molecule has 1 fully saturated rings. The van der Waals surface area contributed by atoms with E-state index in [1.807, 2.05) is 35.2 Å². The minimum atomic E-state index is 0.0587. The second kappa shape index (κ2) is 5.82. The summed E-state index contributed by atoms with van der Waals surface area (Å²) in [5.41, 5.74) is 1.78. The first-order chi connectivity index (χ1) is 10.1. The van der Waals surface area contributed by atoms with Crippen LogP contribution in [0.1, 0.15) is 31.5 Å². The first-order valence-electron chi connectivity index (χ1n) is 7.01. The molecule has 0 radical (unpaired) electrons. The summed E-state index contributed by atoms with van der Waals surface area (Å²) < 4.78 is 0. The molecule has 0 saturated carbocycles. The van der Waals surface area contributed by atoms with Crippen LogP contribution in [0.5, 0.6) is 0 Å². The molecular formula is C16H16ClN3O. The predicted molar refractivity (Wildman–Crippen MR) is 81.8 cm³/mol. The Labute approximate surface area is 128 Å². The molecule has 0 N–H and O–H groups in total. The molecule has 1 unspecified atom stereocenters. The van der Waals surface area contributed by atoms with Crippen LogP contribution in [0.4, 0.5) is 0 Å². The third kappa shape index (κ3) is 2.90. The number of likely N-dealkylation sites (tertiary alicyclic amines) is 1. The smallest absolute Gasteiger partial charge is 0.220 e. The van der Waals surface area contributed by atoms with Crippen LogP contribution in [0.3, 0.4) is 0 Å². The van der Waals surface area contributed by atoms with Crippen molar-refractivity contribution in [3.8, 4) is 11.4 Å². The Morgan fingerprint density at radius 2 is 2.24 bits per heavy atom. The highest BCUT2D eigenvalue weighted by Gasteiger charge is 2.29. The number of carbonyl (C=O) groups is 1. The Hall–Kier alpha value is -1.94. The molecule has 0 aliphatic carbocycles. The average molecular weight is 302 g/mol. The van der Waals surface area contributed by atoms with Crippen molar-refractivity contribution in [2.45, 2.75) is 25.8 Å². The van der Waals surface area contributed by atoms with Gasteiger partial charge in [-0.3, -0.25) is 4.79 Å². The van der Waals surface area contributed by atoms with Gasteiger partial charge in [0.15, 0.2) is 5.82 Å². The molecule has 1 aliphatic rings. The third-order valence-electron chi connectivity index (χ3n) is 3.76. The van der Waals surface area contributed by atoms with E-state index in [4.69, 9.17) is 11.6 Å². The lowest BCUT2D eigenvalue weighted by Gasteiger charge is -2.22. The largest absolute Gasteiger partial charge is 0.334 e. The van der Waals surface area contributed by atoms with Gasteiger partial charge in [-0.25, -0.2) is 9.97 Å². The van der Waals surface area contributed by atoms with Gasteiger partial charge in [-0.05, 0) is 31.0 Å². The van der Waals surface area contributed by atoms with Gasteiger partial charge in [0.25, 0.3) is 0 Å². The fraction of sp³-hybridized carbons (Fsp3) is 0.312. The lowest BCUT2D eigenvalue weighted by Crippen LogP contribution is -2.28. The summed E-state index contributed by atoms with van der Waals surface area (Å²) in [6.45, 7) is 2.41. The molecule has 108 valence electrons. The van der Waals surface area contributed by atoms with E-state index in [2.05, 4.69) is 9.97 Å². The summed E-state index contributed by atoms with van der Waals surface area (Å²) in [7, 11) is 0. The van der Waals surface area contributed by atoms with Crippen LogP contribution in [0.15, 0.2) is 36.5 Å². The quantitative estimate of drug-likeness (QED) is 0.853. The normalized spacial score (nSPS) is 18.0. The highest BCUT2D eigenvalue weighted by atomic mass is 35.5. The van der Waals surface area contributed by atoms with E-state index in [9.17, 15) is 4.79 Å². The Morgan fingerprint density at radius 1 is 1.38 bits per heavy atom. The van der Waals surface area contributed by atoms with E-state index in [1.54, 1.807) is 13.1 Å². The van der Waals surface area contributed by atoms with Crippen molar-refractivity contribution in [2.24, 2.45) is 0 Å². The van der Waals surface area contributed by atoms with Gasteiger partial charge < -0.3 is 4.90 Å².